The van der Waals surface area contributed by atoms with Crippen molar-refractivity contribution in [3.63, 3.8) is 0 Å². The van der Waals surface area contributed by atoms with Gasteiger partial charge < -0.3 is 5.11 Å². The lowest BCUT2D eigenvalue weighted by Gasteiger charge is -2.05. The van der Waals surface area contributed by atoms with Crippen molar-refractivity contribution in [1.82, 2.24) is 0 Å². The summed E-state index contributed by atoms with van der Waals surface area (Å²) in [5, 5.41) is 8.32. The minimum Gasteiger partial charge on any atom is -0.478 e. The van der Waals surface area contributed by atoms with Gasteiger partial charge in [0.15, 0.2) is 0 Å². The second kappa shape index (κ2) is 6.89. The molecule has 70 valence electrons. The molecule has 0 aromatic carbocycles. The fourth-order valence-electron chi connectivity index (χ4n) is 1.07. The molecule has 0 aliphatic carbocycles. The van der Waals surface area contributed by atoms with Crippen LogP contribution in [0.1, 0.15) is 39.5 Å². The maximum absolute atomic E-state index is 10.1. The summed E-state index contributed by atoms with van der Waals surface area (Å²) in [6.45, 7) is 4.32. The summed E-state index contributed by atoms with van der Waals surface area (Å²) in [7, 11) is 0. The van der Waals surface area contributed by atoms with Crippen LogP contribution in [0.5, 0.6) is 0 Å². The molecular weight excluding hydrogens is 152 g/mol. The second-order valence-corrected chi connectivity index (χ2v) is 3.22. The topological polar surface area (TPSA) is 37.3 Å². The molecule has 0 spiro atoms. The third-order valence-electron chi connectivity index (χ3n) is 1.85. The minimum atomic E-state index is -0.849. The Labute approximate surface area is 74.3 Å². The van der Waals surface area contributed by atoms with E-state index in [1.54, 1.807) is 6.08 Å². The number of unbranched alkanes of at least 4 members (excludes halogenated alkanes) is 1. The van der Waals surface area contributed by atoms with Crippen molar-refractivity contribution in [1.29, 1.82) is 0 Å². The van der Waals surface area contributed by atoms with E-state index in [0.29, 0.717) is 5.92 Å². The fraction of sp³-hybridized carbons (Fsp3) is 0.700. The molecule has 0 rings (SSSR count). The van der Waals surface area contributed by atoms with Gasteiger partial charge >= 0.3 is 5.97 Å². The summed E-state index contributed by atoms with van der Waals surface area (Å²) < 4.78 is 0. The van der Waals surface area contributed by atoms with Crippen LogP contribution in [0.15, 0.2) is 12.2 Å². The lowest BCUT2D eigenvalue weighted by Crippen LogP contribution is -1.93. The Morgan fingerprint density at radius 1 is 1.58 bits per heavy atom. The van der Waals surface area contributed by atoms with Crippen LogP contribution in [-0.2, 0) is 4.79 Å². The van der Waals surface area contributed by atoms with Crippen molar-refractivity contribution in [2.24, 2.45) is 5.92 Å². The van der Waals surface area contributed by atoms with Crippen LogP contribution >= 0.6 is 0 Å². The van der Waals surface area contributed by atoms with Crippen LogP contribution in [-0.4, -0.2) is 11.1 Å². The number of carboxylic acids is 1. The third kappa shape index (κ3) is 7.32. The molecule has 0 aromatic rings. The van der Waals surface area contributed by atoms with E-state index in [4.69, 9.17) is 5.11 Å². The highest BCUT2D eigenvalue weighted by Gasteiger charge is 1.98. The van der Waals surface area contributed by atoms with Gasteiger partial charge in [0.1, 0.15) is 0 Å². The molecule has 12 heavy (non-hydrogen) atoms. The molecule has 2 heteroatoms. The van der Waals surface area contributed by atoms with Gasteiger partial charge in [-0.3, -0.25) is 0 Å². The van der Waals surface area contributed by atoms with Gasteiger partial charge in [-0.2, -0.15) is 0 Å². The molecule has 0 saturated carbocycles. The van der Waals surface area contributed by atoms with Gasteiger partial charge in [0.25, 0.3) is 0 Å². The molecule has 0 fully saturated rings. The average molecular weight is 170 g/mol. The van der Waals surface area contributed by atoms with E-state index in [2.05, 4.69) is 13.8 Å². The lowest BCUT2D eigenvalue weighted by atomic mass is 10.0. The van der Waals surface area contributed by atoms with Crippen LogP contribution in [0.4, 0.5) is 0 Å². The molecule has 0 aliphatic heterocycles. The Hall–Kier alpha value is -0.790. The highest BCUT2D eigenvalue weighted by molar-refractivity contribution is 5.79. The summed E-state index contributed by atoms with van der Waals surface area (Å²) in [6, 6.07) is 0. The van der Waals surface area contributed by atoms with Crippen LogP contribution in [0.2, 0.25) is 0 Å². The lowest BCUT2D eigenvalue weighted by molar-refractivity contribution is -0.131. The van der Waals surface area contributed by atoms with Crippen molar-refractivity contribution < 1.29 is 9.90 Å². The molecule has 0 aromatic heterocycles. The average Bonchev–Trinajstić information content (AvgIpc) is 2.00. The first-order chi connectivity index (χ1) is 5.66. The maximum Gasteiger partial charge on any atom is 0.327 e. The second-order valence-electron chi connectivity index (χ2n) is 3.22. The normalized spacial score (nSPS) is 13.5. The first kappa shape index (κ1) is 11.2. The van der Waals surface area contributed by atoms with E-state index in [9.17, 15) is 4.79 Å². The van der Waals surface area contributed by atoms with Gasteiger partial charge in [-0.15, -0.1) is 0 Å². The Kier molecular flexibility index (Phi) is 6.44. The van der Waals surface area contributed by atoms with Crippen molar-refractivity contribution in [2.45, 2.75) is 39.5 Å². The Morgan fingerprint density at radius 3 is 2.75 bits per heavy atom. The van der Waals surface area contributed by atoms with Gasteiger partial charge in [-0.1, -0.05) is 39.2 Å². The number of allylic oxidation sites excluding steroid dienone is 1. The van der Waals surface area contributed by atoms with Crippen molar-refractivity contribution in [3.05, 3.63) is 12.2 Å². The predicted octanol–water partition coefficient (Wildman–Crippen LogP) is 2.84. The van der Waals surface area contributed by atoms with Gasteiger partial charge in [-0.05, 0) is 12.3 Å². The Morgan fingerprint density at radius 2 is 2.25 bits per heavy atom. The summed E-state index contributed by atoms with van der Waals surface area (Å²) >= 11 is 0. The Bertz CT molecular complexity index is 150. The quantitative estimate of drug-likeness (QED) is 0.622. The zero-order chi connectivity index (χ0) is 9.40. The van der Waals surface area contributed by atoms with Gasteiger partial charge in [0.2, 0.25) is 0 Å². The number of aliphatic carboxylic acids is 1. The summed E-state index contributed by atoms with van der Waals surface area (Å²) in [4.78, 5) is 10.1. The molecule has 1 atom stereocenters. The zero-order valence-electron chi connectivity index (χ0n) is 7.92. The van der Waals surface area contributed by atoms with E-state index in [0.717, 1.165) is 6.42 Å². The Balaban J connectivity index is 3.42. The van der Waals surface area contributed by atoms with Crippen molar-refractivity contribution in [2.75, 3.05) is 0 Å². The van der Waals surface area contributed by atoms with Gasteiger partial charge in [-0.25, -0.2) is 4.79 Å². The predicted molar refractivity (Wildman–Crippen MR) is 50.1 cm³/mol. The first-order valence-corrected chi connectivity index (χ1v) is 4.56. The molecule has 2 nitrogen and oxygen atoms in total. The van der Waals surface area contributed by atoms with Crippen LogP contribution in [0.25, 0.3) is 0 Å². The first-order valence-electron chi connectivity index (χ1n) is 4.56. The number of rotatable bonds is 6. The number of hydrogen-bond donors (Lipinski definition) is 1. The van der Waals surface area contributed by atoms with Crippen molar-refractivity contribution in [3.8, 4) is 0 Å². The summed E-state index contributed by atoms with van der Waals surface area (Å²) in [5.74, 6) is -0.238. The fourth-order valence-corrected chi connectivity index (χ4v) is 1.07. The molecule has 1 N–H and O–H groups in total. The van der Waals surface area contributed by atoms with E-state index in [1.807, 2.05) is 0 Å². The largest absolute Gasteiger partial charge is 0.478 e. The smallest absolute Gasteiger partial charge is 0.327 e. The molecule has 0 unspecified atom stereocenters. The minimum absolute atomic E-state index is 0.612. The number of hydrogen-bond acceptors (Lipinski definition) is 1. The molecular formula is C10H18O2. The van der Waals surface area contributed by atoms with Crippen LogP contribution < -0.4 is 0 Å². The number of carboxylic acid groups (broad SMARTS) is 1. The molecule has 0 saturated heterocycles. The summed E-state index contributed by atoms with van der Waals surface area (Å²) in [6.07, 6.45) is 7.49. The van der Waals surface area contributed by atoms with E-state index < -0.39 is 5.97 Å². The number of carbonyl (C=O) groups is 1. The molecule has 0 aliphatic rings. The summed E-state index contributed by atoms with van der Waals surface area (Å²) in [5.41, 5.74) is 0. The van der Waals surface area contributed by atoms with E-state index >= 15 is 0 Å². The van der Waals surface area contributed by atoms with E-state index in [1.165, 1.54) is 25.3 Å². The molecule has 0 heterocycles. The molecule has 0 radical (unpaired) electrons. The molecule has 0 bridgehead atoms. The SMILES string of the molecule is CCCC[C@@H](C)CC=CC(=O)O. The zero-order valence-corrected chi connectivity index (χ0v) is 7.92. The highest BCUT2D eigenvalue weighted by atomic mass is 16.4. The van der Waals surface area contributed by atoms with Crippen LogP contribution in [0, 0.1) is 5.92 Å². The monoisotopic (exact) mass is 170 g/mol. The standard InChI is InChI=1S/C10H18O2/c1-3-4-6-9(2)7-5-8-10(11)12/h5,8-9H,3-4,6-7H2,1-2H3,(H,11,12)/t9-/m1/s1. The third-order valence-corrected chi connectivity index (χ3v) is 1.85. The van der Waals surface area contributed by atoms with Crippen LogP contribution in [0.3, 0.4) is 0 Å². The molecule has 0 amide bonds. The van der Waals surface area contributed by atoms with Gasteiger partial charge in [0, 0.05) is 6.08 Å². The maximum atomic E-state index is 10.1. The van der Waals surface area contributed by atoms with Gasteiger partial charge in [0.05, 0.1) is 0 Å². The highest BCUT2D eigenvalue weighted by Crippen LogP contribution is 2.11. The van der Waals surface area contributed by atoms with Crippen molar-refractivity contribution >= 4 is 5.97 Å². The van der Waals surface area contributed by atoms with E-state index in [-0.39, 0.29) is 0 Å².